The second kappa shape index (κ2) is 11.7. The predicted molar refractivity (Wildman–Crippen MR) is 149 cm³/mol. The number of nitrogens with one attached hydrogen (secondary N) is 1. The molecule has 1 aliphatic heterocycles. The highest BCUT2D eigenvalue weighted by Crippen LogP contribution is 2.21. The van der Waals surface area contributed by atoms with Crippen LogP contribution in [-0.4, -0.2) is 95.3 Å². The highest BCUT2D eigenvalue weighted by atomic mass is 16.6. The Morgan fingerprint density at radius 1 is 1.18 bits per heavy atom. The van der Waals surface area contributed by atoms with Crippen molar-refractivity contribution in [3.05, 3.63) is 65.9 Å². The van der Waals surface area contributed by atoms with Gasteiger partial charge in [0.2, 0.25) is 0 Å². The SMILES string of the molecule is C#CCN=c1ncn(Cc2cn(C(CN3CCN(C(=O)OC(C)(C)C)CC3)c3ccccc3)nn2)c2nc[nH]c12. The molecule has 1 saturated heterocycles. The lowest BCUT2D eigenvalue weighted by molar-refractivity contribution is 0.0137. The second-order valence-corrected chi connectivity index (χ2v) is 10.7. The normalized spacial score (nSPS) is 15.8. The molecule has 1 aromatic carbocycles. The number of carbonyl (C=O) groups is 1. The molecule has 40 heavy (non-hydrogen) atoms. The molecule has 208 valence electrons. The molecule has 3 aromatic heterocycles. The molecule has 4 aromatic rings. The Morgan fingerprint density at radius 2 is 1.95 bits per heavy atom. The maximum Gasteiger partial charge on any atom is 0.410 e. The predicted octanol–water partition coefficient (Wildman–Crippen LogP) is 2.08. The van der Waals surface area contributed by atoms with Crippen molar-refractivity contribution in [2.45, 2.75) is 39.0 Å². The summed E-state index contributed by atoms with van der Waals surface area (Å²) in [5.41, 5.74) is 3.37. The van der Waals surface area contributed by atoms with Crippen LogP contribution >= 0.6 is 0 Å². The minimum absolute atomic E-state index is 0.0472. The fourth-order valence-electron chi connectivity index (χ4n) is 4.68. The number of aromatic amines is 1. The van der Waals surface area contributed by atoms with Crippen molar-refractivity contribution >= 4 is 17.3 Å². The number of ether oxygens (including phenoxy) is 1. The van der Waals surface area contributed by atoms with Crippen LogP contribution in [0.15, 0.2) is 54.2 Å². The molecule has 0 bridgehead atoms. The number of benzene rings is 1. The van der Waals surface area contributed by atoms with Gasteiger partial charge in [-0.25, -0.2) is 19.4 Å². The molecule has 1 N–H and O–H groups in total. The number of carbonyl (C=O) groups excluding carboxylic acids is 1. The summed E-state index contributed by atoms with van der Waals surface area (Å²) in [7, 11) is 0. The van der Waals surface area contributed by atoms with Crippen LogP contribution in [0.5, 0.6) is 0 Å². The molecule has 0 saturated carbocycles. The first-order valence-corrected chi connectivity index (χ1v) is 13.3. The minimum atomic E-state index is -0.506. The highest BCUT2D eigenvalue weighted by molar-refractivity contribution is 5.69. The van der Waals surface area contributed by atoms with Gasteiger partial charge in [-0.05, 0) is 26.3 Å². The molecule has 1 fully saturated rings. The molecule has 4 heterocycles. The Bertz CT molecular complexity index is 1550. The van der Waals surface area contributed by atoms with Crippen LogP contribution in [0, 0.1) is 12.3 Å². The monoisotopic (exact) mass is 542 g/mol. The molecule has 1 unspecified atom stereocenters. The number of imidazole rings is 1. The van der Waals surface area contributed by atoms with Crippen molar-refractivity contribution < 1.29 is 9.53 Å². The van der Waals surface area contributed by atoms with E-state index in [9.17, 15) is 4.79 Å². The van der Waals surface area contributed by atoms with Gasteiger partial charge >= 0.3 is 6.09 Å². The first kappa shape index (κ1) is 27.1. The van der Waals surface area contributed by atoms with Crippen LogP contribution < -0.4 is 5.49 Å². The van der Waals surface area contributed by atoms with Crippen molar-refractivity contribution in [3.8, 4) is 12.3 Å². The molecule has 1 aliphatic rings. The minimum Gasteiger partial charge on any atom is -0.444 e. The van der Waals surface area contributed by atoms with Gasteiger partial charge in [0.1, 0.15) is 23.4 Å². The van der Waals surface area contributed by atoms with E-state index in [0.717, 1.165) is 36.4 Å². The molecule has 12 heteroatoms. The average molecular weight is 543 g/mol. The van der Waals surface area contributed by atoms with Gasteiger partial charge in [-0.1, -0.05) is 41.5 Å². The van der Waals surface area contributed by atoms with Gasteiger partial charge in [0.15, 0.2) is 11.1 Å². The Morgan fingerprint density at radius 3 is 2.67 bits per heavy atom. The molecule has 0 radical (unpaired) electrons. The van der Waals surface area contributed by atoms with Crippen molar-refractivity contribution in [2.24, 2.45) is 4.99 Å². The maximum absolute atomic E-state index is 12.5. The van der Waals surface area contributed by atoms with Gasteiger partial charge in [-0.3, -0.25) is 9.89 Å². The first-order chi connectivity index (χ1) is 19.3. The summed E-state index contributed by atoms with van der Waals surface area (Å²) in [6, 6.07) is 10.2. The summed E-state index contributed by atoms with van der Waals surface area (Å²) < 4.78 is 9.37. The van der Waals surface area contributed by atoms with Crippen molar-refractivity contribution in [1.82, 2.24) is 44.3 Å². The van der Waals surface area contributed by atoms with E-state index < -0.39 is 5.60 Å². The number of hydrogen-bond acceptors (Lipinski definition) is 8. The number of piperazine rings is 1. The number of aromatic nitrogens is 7. The molecule has 1 amide bonds. The van der Waals surface area contributed by atoms with Gasteiger partial charge < -0.3 is 19.2 Å². The summed E-state index contributed by atoms with van der Waals surface area (Å²) in [5, 5.41) is 8.99. The highest BCUT2D eigenvalue weighted by Gasteiger charge is 2.28. The van der Waals surface area contributed by atoms with Gasteiger partial charge in [-0.15, -0.1) is 11.5 Å². The number of rotatable bonds is 7. The summed E-state index contributed by atoms with van der Waals surface area (Å²) in [6.07, 6.45) is 10.4. The maximum atomic E-state index is 12.5. The number of hydrogen-bond donors (Lipinski definition) is 1. The van der Waals surface area contributed by atoms with Crippen molar-refractivity contribution in [1.29, 1.82) is 0 Å². The van der Waals surface area contributed by atoms with E-state index in [0.29, 0.717) is 30.8 Å². The standard InChI is InChI=1S/C28H34N10O2/c1-5-11-29-25-24-26(31-19-30-24)37(20-32-25)16-22-17-38(34-33-22)23(21-9-7-6-8-10-21)18-35-12-14-36(15-13-35)27(39)40-28(2,3)4/h1,6-10,17,19-20,23H,11-16,18H2,2-4H3,(H,30,31). The number of amides is 1. The Hall–Kier alpha value is -4.50. The Kier molecular flexibility index (Phi) is 7.93. The fraction of sp³-hybridized carbons (Fsp3) is 0.429. The fourth-order valence-corrected chi connectivity index (χ4v) is 4.68. The molecule has 0 aliphatic carbocycles. The zero-order valence-corrected chi connectivity index (χ0v) is 23.1. The third kappa shape index (κ3) is 6.38. The largest absolute Gasteiger partial charge is 0.444 e. The molecule has 12 nitrogen and oxygen atoms in total. The Labute approximate surface area is 232 Å². The Balaban J connectivity index is 1.31. The lowest BCUT2D eigenvalue weighted by Gasteiger charge is -2.37. The van der Waals surface area contributed by atoms with Crippen LogP contribution in [0.25, 0.3) is 11.2 Å². The topological polar surface area (TPSA) is 122 Å². The van der Waals surface area contributed by atoms with E-state index in [1.807, 2.05) is 54.4 Å². The smallest absolute Gasteiger partial charge is 0.410 e. The molecular weight excluding hydrogens is 508 g/mol. The van der Waals surface area contributed by atoms with E-state index >= 15 is 0 Å². The molecular formula is C28H34N10O2. The number of fused-ring (bicyclic) bond motifs is 1. The molecule has 0 spiro atoms. The lowest BCUT2D eigenvalue weighted by Crippen LogP contribution is -2.51. The van der Waals surface area contributed by atoms with Crippen LogP contribution in [-0.2, 0) is 11.3 Å². The summed E-state index contributed by atoms with van der Waals surface area (Å²) in [6.45, 7) is 9.82. The number of nitrogens with zero attached hydrogens (tertiary/aromatic N) is 9. The number of terminal acetylenes is 1. The lowest BCUT2D eigenvalue weighted by atomic mass is 10.1. The summed E-state index contributed by atoms with van der Waals surface area (Å²) >= 11 is 0. The van der Waals surface area contributed by atoms with Crippen LogP contribution in [0.3, 0.4) is 0 Å². The average Bonchev–Trinajstić information content (AvgIpc) is 3.62. The van der Waals surface area contributed by atoms with E-state index in [1.165, 1.54) is 0 Å². The van der Waals surface area contributed by atoms with E-state index in [-0.39, 0.29) is 18.7 Å². The van der Waals surface area contributed by atoms with Crippen LogP contribution in [0.1, 0.15) is 38.1 Å². The number of H-pyrrole nitrogens is 1. The van der Waals surface area contributed by atoms with Crippen LogP contribution in [0.4, 0.5) is 4.79 Å². The zero-order chi connectivity index (χ0) is 28.1. The van der Waals surface area contributed by atoms with Crippen LogP contribution in [0.2, 0.25) is 0 Å². The van der Waals surface area contributed by atoms with E-state index in [1.54, 1.807) is 17.6 Å². The summed E-state index contributed by atoms with van der Waals surface area (Å²) in [4.78, 5) is 32.9. The molecule has 5 rings (SSSR count). The second-order valence-electron chi connectivity index (χ2n) is 10.7. The van der Waals surface area contributed by atoms with Gasteiger partial charge in [0.05, 0.1) is 31.4 Å². The first-order valence-electron chi connectivity index (χ1n) is 13.3. The van der Waals surface area contributed by atoms with Crippen molar-refractivity contribution in [2.75, 3.05) is 39.3 Å². The van der Waals surface area contributed by atoms with Gasteiger partial charge in [0.25, 0.3) is 0 Å². The van der Waals surface area contributed by atoms with Gasteiger partial charge in [0, 0.05) is 32.7 Å². The quantitative estimate of drug-likeness (QED) is 0.355. The third-order valence-corrected chi connectivity index (χ3v) is 6.60. The van der Waals surface area contributed by atoms with E-state index in [4.69, 9.17) is 11.2 Å². The van der Waals surface area contributed by atoms with Gasteiger partial charge in [-0.2, -0.15) is 0 Å². The zero-order valence-electron chi connectivity index (χ0n) is 23.1. The molecule has 1 atom stereocenters. The third-order valence-electron chi connectivity index (χ3n) is 6.60. The van der Waals surface area contributed by atoms with Crippen molar-refractivity contribution in [3.63, 3.8) is 0 Å². The summed E-state index contributed by atoms with van der Waals surface area (Å²) in [5.74, 6) is 2.50. The van der Waals surface area contributed by atoms with E-state index in [2.05, 4.69) is 53.2 Å².